The lowest BCUT2D eigenvalue weighted by atomic mass is 10.0. The minimum atomic E-state index is 0.636. The predicted octanol–water partition coefficient (Wildman–Crippen LogP) is 3.48. The Balaban J connectivity index is 2.30. The summed E-state index contributed by atoms with van der Waals surface area (Å²) in [5, 5.41) is 7.02. The molecule has 16 heavy (non-hydrogen) atoms. The Morgan fingerprint density at radius 2 is 1.12 bits per heavy atom. The van der Waals surface area contributed by atoms with Crippen LogP contribution in [0.4, 0.5) is 11.4 Å². The van der Waals surface area contributed by atoms with Gasteiger partial charge in [-0.25, -0.2) is 0 Å². The van der Waals surface area contributed by atoms with Gasteiger partial charge in [0.15, 0.2) is 5.11 Å². The van der Waals surface area contributed by atoms with Gasteiger partial charge in [-0.3, -0.25) is 0 Å². The zero-order chi connectivity index (χ0) is 11.0. The number of rotatable bonds is 0. The Morgan fingerprint density at radius 3 is 1.62 bits per heavy atom. The number of thiocarbonyl (C=S) groups is 1. The quantitative estimate of drug-likeness (QED) is 0.672. The number of hydrogen-bond donors (Lipinski definition) is 2. The normalized spacial score (nSPS) is 12.9. The highest BCUT2D eigenvalue weighted by atomic mass is 32.1. The van der Waals surface area contributed by atoms with Crippen LogP contribution in [0.3, 0.4) is 0 Å². The van der Waals surface area contributed by atoms with Crippen LogP contribution in [0.15, 0.2) is 48.5 Å². The highest BCUT2D eigenvalue weighted by Gasteiger charge is 2.14. The van der Waals surface area contributed by atoms with E-state index in [4.69, 9.17) is 12.2 Å². The molecule has 2 nitrogen and oxygen atoms in total. The van der Waals surface area contributed by atoms with Crippen molar-refractivity contribution in [3.05, 3.63) is 48.5 Å². The van der Waals surface area contributed by atoms with Crippen LogP contribution < -0.4 is 10.6 Å². The Bertz CT molecular complexity index is 514. The number of hydrogen-bond acceptors (Lipinski definition) is 1. The second-order valence-corrected chi connectivity index (χ2v) is 4.08. The minimum Gasteiger partial charge on any atom is -0.332 e. The second-order valence-electron chi connectivity index (χ2n) is 3.67. The first kappa shape index (κ1) is 9.36. The molecule has 0 unspecified atom stereocenters. The van der Waals surface area contributed by atoms with E-state index in [1.165, 1.54) is 11.1 Å². The van der Waals surface area contributed by atoms with E-state index in [9.17, 15) is 0 Å². The van der Waals surface area contributed by atoms with Gasteiger partial charge in [0.25, 0.3) is 0 Å². The summed E-state index contributed by atoms with van der Waals surface area (Å²) in [4.78, 5) is 0. The molecule has 0 aliphatic carbocycles. The molecule has 0 atom stereocenters. The third-order valence-electron chi connectivity index (χ3n) is 2.64. The van der Waals surface area contributed by atoms with Crippen molar-refractivity contribution < 1.29 is 0 Å². The standard InChI is InChI=1S/C13H10N2S/c16-13-14-11-7-3-1-5-9(11)10-6-2-4-8-12(10)15-13/h1-8H,(H2,14,15,16). The maximum atomic E-state index is 5.22. The Hall–Kier alpha value is -1.87. The molecule has 0 saturated heterocycles. The Kier molecular flexibility index (Phi) is 2.11. The van der Waals surface area contributed by atoms with Crippen LogP contribution in [-0.4, -0.2) is 5.11 Å². The number of nitrogens with one attached hydrogen (secondary N) is 2. The summed E-state index contributed by atoms with van der Waals surface area (Å²) in [6.07, 6.45) is 0. The van der Waals surface area contributed by atoms with Gasteiger partial charge in [0.1, 0.15) is 0 Å². The van der Waals surface area contributed by atoms with Gasteiger partial charge in [0.05, 0.1) is 0 Å². The molecule has 1 aliphatic rings. The third-order valence-corrected chi connectivity index (χ3v) is 2.84. The van der Waals surface area contributed by atoms with Crippen molar-refractivity contribution in [2.45, 2.75) is 0 Å². The predicted molar refractivity (Wildman–Crippen MR) is 71.7 cm³/mol. The van der Waals surface area contributed by atoms with Gasteiger partial charge < -0.3 is 10.6 Å². The molecule has 78 valence electrons. The molecule has 0 aromatic heterocycles. The van der Waals surface area contributed by atoms with Crippen molar-refractivity contribution in [2.24, 2.45) is 0 Å². The minimum absolute atomic E-state index is 0.636. The van der Waals surface area contributed by atoms with Crippen LogP contribution >= 0.6 is 12.2 Å². The maximum Gasteiger partial charge on any atom is 0.175 e. The highest BCUT2D eigenvalue weighted by Crippen LogP contribution is 2.35. The zero-order valence-electron chi connectivity index (χ0n) is 8.53. The van der Waals surface area contributed by atoms with Crippen LogP contribution in [0.2, 0.25) is 0 Å². The summed E-state index contributed by atoms with van der Waals surface area (Å²) in [5.74, 6) is 0. The van der Waals surface area contributed by atoms with Gasteiger partial charge in [0.2, 0.25) is 0 Å². The van der Waals surface area contributed by atoms with Gasteiger partial charge >= 0.3 is 0 Å². The van der Waals surface area contributed by atoms with E-state index in [2.05, 4.69) is 22.8 Å². The van der Waals surface area contributed by atoms with E-state index in [0.717, 1.165) is 11.4 Å². The molecule has 3 rings (SSSR count). The van der Waals surface area contributed by atoms with E-state index < -0.39 is 0 Å². The Morgan fingerprint density at radius 1 is 0.688 bits per heavy atom. The van der Waals surface area contributed by atoms with E-state index >= 15 is 0 Å². The number of anilines is 2. The fourth-order valence-corrected chi connectivity index (χ4v) is 2.15. The Labute approximate surface area is 99.3 Å². The van der Waals surface area contributed by atoms with Gasteiger partial charge in [-0.1, -0.05) is 36.4 Å². The van der Waals surface area contributed by atoms with Crippen LogP contribution in [0, 0.1) is 0 Å². The fraction of sp³-hybridized carbons (Fsp3) is 0. The lowest BCUT2D eigenvalue weighted by Crippen LogP contribution is -2.17. The summed E-state index contributed by atoms with van der Waals surface area (Å²) in [6, 6.07) is 16.3. The lowest BCUT2D eigenvalue weighted by molar-refractivity contribution is 1.62. The molecule has 1 heterocycles. The summed E-state index contributed by atoms with van der Waals surface area (Å²) >= 11 is 5.22. The molecule has 0 fully saturated rings. The van der Waals surface area contributed by atoms with Crippen molar-refractivity contribution in [3.63, 3.8) is 0 Å². The number of fused-ring (bicyclic) bond motifs is 3. The molecule has 0 saturated carbocycles. The van der Waals surface area contributed by atoms with Gasteiger partial charge in [0, 0.05) is 22.5 Å². The molecular formula is C13H10N2S. The van der Waals surface area contributed by atoms with Crippen LogP contribution in [-0.2, 0) is 0 Å². The SMILES string of the molecule is S=C1Nc2ccccc2-c2ccccc2N1. The van der Waals surface area contributed by atoms with E-state index in [-0.39, 0.29) is 0 Å². The van der Waals surface area contributed by atoms with Crippen molar-refractivity contribution in [3.8, 4) is 11.1 Å². The number of benzene rings is 2. The molecule has 0 radical (unpaired) electrons. The van der Waals surface area contributed by atoms with Crippen LogP contribution in [0.1, 0.15) is 0 Å². The molecule has 2 aromatic carbocycles. The average molecular weight is 226 g/mol. The smallest absolute Gasteiger partial charge is 0.175 e. The highest BCUT2D eigenvalue weighted by molar-refractivity contribution is 7.80. The van der Waals surface area contributed by atoms with E-state index in [1.807, 2.05) is 36.4 Å². The summed E-state index contributed by atoms with van der Waals surface area (Å²) in [7, 11) is 0. The second kappa shape index (κ2) is 3.61. The van der Waals surface area contributed by atoms with Crippen LogP contribution in [0.25, 0.3) is 11.1 Å². The molecule has 1 aliphatic heterocycles. The first-order valence-electron chi connectivity index (χ1n) is 5.11. The summed E-state index contributed by atoms with van der Waals surface area (Å²) < 4.78 is 0. The fourth-order valence-electron chi connectivity index (χ4n) is 1.93. The van der Waals surface area contributed by atoms with E-state index in [0.29, 0.717) is 5.11 Å². The van der Waals surface area contributed by atoms with Crippen molar-refractivity contribution >= 4 is 28.7 Å². The maximum absolute atomic E-state index is 5.22. The van der Waals surface area contributed by atoms with Crippen LogP contribution in [0.5, 0.6) is 0 Å². The van der Waals surface area contributed by atoms with E-state index in [1.54, 1.807) is 0 Å². The topological polar surface area (TPSA) is 24.1 Å². The molecular weight excluding hydrogens is 216 g/mol. The molecule has 0 bridgehead atoms. The first-order chi connectivity index (χ1) is 7.84. The van der Waals surface area contributed by atoms with Gasteiger partial charge in [-0.05, 0) is 24.4 Å². The molecule has 2 aromatic rings. The molecule has 0 amide bonds. The third kappa shape index (κ3) is 1.46. The molecule has 3 heteroatoms. The average Bonchev–Trinajstić information content (AvgIpc) is 2.44. The number of para-hydroxylation sites is 2. The molecule has 2 N–H and O–H groups in total. The van der Waals surface area contributed by atoms with Crippen molar-refractivity contribution in [1.82, 2.24) is 0 Å². The largest absolute Gasteiger partial charge is 0.332 e. The first-order valence-corrected chi connectivity index (χ1v) is 5.52. The summed E-state index contributed by atoms with van der Waals surface area (Å²) in [5.41, 5.74) is 4.44. The van der Waals surface area contributed by atoms with Gasteiger partial charge in [-0.2, -0.15) is 0 Å². The van der Waals surface area contributed by atoms with Crippen molar-refractivity contribution in [1.29, 1.82) is 0 Å². The molecule has 0 spiro atoms. The summed E-state index contributed by atoms with van der Waals surface area (Å²) in [6.45, 7) is 0. The van der Waals surface area contributed by atoms with Gasteiger partial charge in [-0.15, -0.1) is 0 Å². The zero-order valence-corrected chi connectivity index (χ0v) is 9.34. The van der Waals surface area contributed by atoms with Crippen molar-refractivity contribution in [2.75, 3.05) is 10.6 Å². The lowest BCUT2D eigenvalue weighted by Gasteiger charge is -2.06. The monoisotopic (exact) mass is 226 g/mol.